The van der Waals surface area contributed by atoms with Crippen LogP contribution >= 0.6 is 0 Å². The van der Waals surface area contributed by atoms with Gasteiger partial charge in [-0.2, -0.15) is 5.10 Å². The molecule has 0 aliphatic carbocycles. The molecule has 6 aliphatic rings. The average Bonchev–Trinajstić information content (AvgIpc) is 3.76. The zero-order valence-corrected chi connectivity index (χ0v) is 29.9. The summed E-state index contributed by atoms with van der Waals surface area (Å²) in [4.78, 5) is 76.3. The quantitative estimate of drug-likeness (QED) is 0.365. The van der Waals surface area contributed by atoms with Crippen molar-refractivity contribution in [3.05, 3.63) is 54.1 Å². The Morgan fingerprint density at radius 2 is 1.47 bits per heavy atom. The number of carbonyl (C=O) groups excluding carboxylic acids is 4. The van der Waals surface area contributed by atoms with Crippen molar-refractivity contribution < 1.29 is 29.1 Å². The number of piperidine rings is 4. The molecule has 0 bridgehead atoms. The number of aromatic nitrogens is 2. The summed E-state index contributed by atoms with van der Waals surface area (Å²) in [5.74, 6) is -1.52. The maximum Gasteiger partial charge on any atom is 0.332 e. The molecule has 15 nitrogen and oxygen atoms in total. The summed E-state index contributed by atoms with van der Waals surface area (Å²) in [5.41, 5.74) is 2.33. The first-order valence-corrected chi connectivity index (χ1v) is 19.0. The number of hydrogen-bond acceptors (Lipinski definition) is 11. The van der Waals surface area contributed by atoms with Crippen LogP contribution in [0, 0.1) is 11.8 Å². The molecule has 1 aromatic carbocycles. The van der Waals surface area contributed by atoms with Crippen molar-refractivity contribution in [3.8, 4) is 0 Å². The highest BCUT2D eigenvalue weighted by Gasteiger charge is 2.45. The largest absolute Gasteiger partial charge is 0.479 e. The zero-order valence-electron chi connectivity index (χ0n) is 29.9. The Bertz CT molecular complexity index is 1820. The van der Waals surface area contributed by atoms with E-state index < -0.39 is 35.8 Å². The molecular weight excluding hydrogens is 678 g/mol. The fourth-order valence-electron chi connectivity index (χ4n) is 8.97. The van der Waals surface area contributed by atoms with Crippen molar-refractivity contribution in [3.63, 3.8) is 0 Å². The number of anilines is 2. The van der Waals surface area contributed by atoms with Crippen molar-refractivity contribution in [1.29, 1.82) is 0 Å². The predicted molar refractivity (Wildman–Crippen MR) is 196 cm³/mol. The summed E-state index contributed by atoms with van der Waals surface area (Å²) < 4.78 is 2.00. The van der Waals surface area contributed by atoms with Crippen LogP contribution < -0.4 is 15.1 Å². The van der Waals surface area contributed by atoms with E-state index >= 15 is 0 Å². The number of carboxylic acids is 1. The van der Waals surface area contributed by atoms with Gasteiger partial charge in [-0.25, -0.2) is 4.79 Å². The number of rotatable bonds is 9. The van der Waals surface area contributed by atoms with Gasteiger partial charge in [-0.15, -0.1) is 0 Å². The zero-order chi connectivity index (χ0) is 36.6. The van der Waals surface area contributed by atoms with Gasteiger partial charge in [0.25, 0.3) is 11.8 Å². The molecular formula is C38H47N9O6. The van der Waals surface area contributed by atoms with E-state index in [-0.39, 0.29) is 18.7 Å². The highest BCUT2D eigenvalue weighted by Crippen LogP contribution is 2.33. The summed E-state index contributed by atoms with van der Waals surface area (Å²) in [6, 6.07) is 3.93. The first kappa shape index (κ1) is 35.2. The second-order valence-electron chi connectivity index (χ2n) is 15.3. The number of fused-ring (bicyclic) bond motifs is 1. The normalized spacial score (nSPS) is 25.4. The lowest BCUT2D eigenvalue weighted by Gasteiger charge is -2.40. The number of likely N-dealkylation sites (tertiary alicyclic amines) is 2. The summed E-state index contributed by atoms with van der Waals surface area (Å²) in [6.45, 7) is 8.39. The van der Waals surface area contributed by atoms with E-state index in [0.717, 1.165) is 94.3 Å². The molecule has 1 aromatic heterocycles. The number of amides is 4. The van der Waals surface area contributed by atoms with Crippen molar-refractivity contribution in [2.75, 3.05) is 62.2 Å². The Morgan fingerprint density at radius 1 is 0.811 bits per heavy atom. The van der Waals surface area contributed by atoms with Crippen LogP contribution in [-0.4, -0.2) is 130 Å². The third-order valence-corrected chi connectivity index (χ3v) is 12.1. The second-order valence-corrected chi connectivity index (χ2v) is 15.3. The van der Waals surface area contributed by atoms with Crippen LogP contribution in [0.3, 0.4) is 0 Å². The first-order valence-electron chi connectivity index (χ1n) is 19.0. The lowest BCUT2D eigenvalue weighted by atomic mass is 9.91. The molecule has 2 unspecified atom stereocenters. The van der Waals surface area contributed by atoms with Gasteiger partial charge in [0.2, 0.25) is 11.8 Å². The molecule has 2 N–H and O–H groups in total. The molecule has 7 heterocycles. The molecule has 8 rings (SSSR count). The van der Waals surface area contributed by atoms with E-state index in [2.05, 4.69) is 30.1 Å². The van der Waals surface area contributed by atoms with Gasteiger partial charge in [0.1, 0.15) is 6.04 Å². The van der Waals surface area contributed by atoms with Crippen LogP contribution in [0.5, 0.6) is 0 Å². The SMILES string of the molecule is O=C1CCC(N2C(=O)c3ccc(N4CCC(CN5CCC(CN6CCC(n7cc(N8C=CN=CC8C(=O)O)cn7)CC6)CC5)CC4)cc3C2=O)C(=O)N1. The molecule has 53 heavy (non-hydrogen) atoms. The maximum absolute atomic E-state index is 13.3. The molecule has 280 valence electrons. The van der Waals surface area contributed by atoms with Crippen molar-refractivity contribution >= 4 is 47.2 Å². The predicted octanol–water partition coefficient (Wildman–Crippen LogP) is 2.37. The van der Waals surface area contributed by atoms with Gasteiger partial charge in [-0.1, -0.05) is 0 Å². The number of aliphatic carboxylic acids is 1. The fraction of sp³-hybridized carbons (Fsp3) is 0.553. The number of imide groups is 2. The number of carbonyl (C=O) groups is 5. The van der Waals surface area contributed by atoms with Gasteiger partial charge in [0, 0.05) is 76.2 Å². The van der Waals surface area contributed by atoms with Gasteiger partial charge in [0.15, 0.2) is 6.04 Å². The number of nitrogens with one attached hydrogen (secondary N) is 1. The smallest absolute Gasteiger partial charge is 0.332 e. The van der Waals surface area contributed by atoms with E-state index in [0.29, 0.717) is 29.0 Å². The van der Waals surface area contributed by atoms with Gasteiger partial charge in [-0.3, -0.25) is 39.1 Å². The molecule has 15 heteroatoms. The monoisotopic (exact) mass is 725 g/mol. The van der Waals surface area contributed by atoms with E-state index in [1.165, 1.54) is 19.1 Å². The highest BCUT2D eigenvalue weighted by atomic mass is 16.4. The highest BCUT2D eigenvalue weighted by molar-refractivity contribution is 6.23. The molecule has 6 aliphatic heterocycles. The van der Waals surface area contributed by atoms with Crippen LogP contribution in [0.4, 0.5) is 11.4 Å². The van der Waals surface area contributed by atoms with E-state index in [9.17, 15) is 29.1 Å². The molecule has 0 spiro atoms. The van der Waals surface area contributed by atoms with E-state index in [4.69, 9.17) is 0 Å². The van der Waals surface area contributed by atoms with Gasteiger partial charge >= 0.3 is 5.97 Å². The summed E-state index contributed by atoms with van der Waals surface area (Å²) in [7, 11) is 0. The minimum Gasteiger partial charge on any atom is -0.479 e. The topological polar surface area (TPSA) is 164 Å². The van der Waals surface area contributed by atoms with Crippen LogP contribution in [0.2, 0.25) is 0 Å². The maximum atomic E-state index is 13.3. The average molecular weight is 726 g/mol. The Hall–Kier alpha value is -4.89. The first-order chi connectivity index (χ1) is 25.7. The van der Waals surface area contributed by atoms with Crippen LogP contribution in [0.15, 0.2) is 48.0 Å². The lowest BCUT2D eigenvalue weighted by molar-refractivity contribution is -0.137. The third kappa shape index (κ3) is 7.23. The molecule has 0 radical (unpaired) electrons. The van der Waals surface area contributed by atoms with Crippen LogP contribution in [-0.2, 0) is 14.4 Å². The lowest BCUT2D eigenvalue weighted by Crippen LogP contribution is -2.54. The third-order valence-electron chi connectivity index (χ3n) is 12.1. The number of carboxylic acid groups (broad SMARTS) is 1. The van der Waals surface area contributed by atoms with Crippen molar-refractivity contribution in [1.82, 2.24) is 29.8 Å². The van der Waals surface area contributed by atoms with Crippen molar-refractivity contribution in [2.24, 2.45) is 16.8 Å². The van der Waals surface area contributed by atoms with E-state index in [1.54, 1.807) is 35.6 Å². The number of nitrogens with zero attached hydrogens (tertiary/aromatic N) is 8. The Morgan fingerprint density at radius 3 is 2.15 bits per heavy atom. The van der Waals surface area contributed by atoms with Gasteiger partial charge in [0.05, 0.1) is 29.1 Å². The summed E-state index contributed by atoms with van der Waals surface area (Å²) in [6.07, 6.45) is 15.3. The molecule has 2 atom stereocenters. The Balaban J connectivity index is 0.756. The number of hydrogen-bond donors (Lipinski definition) is 2. The standard InChI is InChI=1S/C38H47N9O6/c48-34-4-3-32(35(49)41-34)47-36(50)30-2-1-28(19-31(30)37(47)51)44-16-7-26(8-17-44)23-42-12-5-25(6-13-42)22-43-14-9-27(10-15-43)46-24-29(20-40-46)45-18-11-39-21-33(45)38(52)53/h1-2,11,18-21,24-27,32-33H,3-10,12-17,22-23H2,(H,52,53)(H,41,48,49). The summed E-state index contributed by atoms with van der Waals surface area (Å²) >= 11 is 0. The summed E-state index contributed by atoms with van der Waals surface area (Å²) in [5, 5.41) is 16.4. The molecule has 4 fully saturated rings. The molecule has 2 aromatic rings. The minimum atomic E-state index is -0.956. The molecule has 4 saturated heterocycles. The second kappa shape index (κ2) is 14.9. The Kier molecular flexibility index (Phi) is 9.85. The van der Waals surface area contributed by atoms with Gasteiger partial charge in [-0.05, 0) is 88.1 Å². The molecule has 0 saturated carbocycles. The fourth-order valence-corrected chi connectivity index (χ4v) is 8.97. The van der Waals surface area contributed by atoms with E-state index in [1.807, 2.05) is 16.9 Å². The van der Waals surface area contributed by atoms with Gasteiger partial charge < -0.3 is 24.7 Å². The van der Waals surface area contributed by atoms with Crippen molar-refractivity contribution in [2.45, 2.75) is 69.5 Å². The van der Waals surface area contributed by atoms with Crippen LogP contribution in [0.1, 0.15) is 78.1 Å². The van der Waals surface area contributed by atoms with Crippen LogP contribution in [0.25, 0.3) is 0 Å². The Labute approximate surface area is 308 Å². The number of benzene rings is 1. The number of aliphatic imine (C=N–C) groups is 1. The molecule has 4 amide bonds. The minimum absolute atomic E-state index is 0.104.